The van der Waals surface area contributed by atoms with Gasteiger partial charge in [0.2, 0.25) is 0 Å². The Balaban J connectivity index is 0.00000289. The van der Waals surface area contributed by atoms with Crippen LogP contribution < -0.4 is 16.3 Å². The number of carbonyl (C=O) groups excluding carboxylic acids is 1. The number of halogens is 1. The summed E-state index contributed by atoms with van der Waals surface area (Å²) in [5.74, 6) is -1.75. The molecule has 1 aliphatic heterocycles. The van der Waals surface area contributed by atoms with Gasteiger partial charge in [-0.1, -0.05) is 42.5 Å². The molecule has 5 rings (SSSR count). The topological polar surface area (TPSA) is 118 Å². The maximum atomic E-state index is 13.6. The van der Waals surface area contributed by atoms with Crippen LogP contribution in [0.25, 0.3) is 28.0 Å². The summed E-state index contributed by atoms with van der Waals surface area (Å²) in [6, 6.07) is 20.8. The van der Waals surface area contributed by atoms with Gasteiger partial charge in [-0.05, 0) is 48.4 Å². The van der Waals surface area contributed by atoms with Crippen LogP contribution >= 0.6 is 12.4 Å². The Bertz CT molecular complexity index is 1420. The molecule has 1 fully saturated rings. The second-order valence-electron chi connectivity index (χ2n) is 8.16. The van der Waals surface area contributed by atoms with Crippen LogP contribution in [0.15, 0.2) is 71.5 Å². The Morgan fingerprint density at radius 1 is 1.03 bits per heavy atom. The molecule has 1 aliphatic rings. The number of hydrogen-bond acceptors (Lipinski definition) is 5. The maximum Gasteiger partial charge on any atom is 0.335 e. The van der Waals surface area contributed by atoms with E-state index >= 15 is 0 Å². The second kappa shape index (κ2) is 10.1. The first-order valence-corrected chi connectivity index (χ1v) is 11.0. The molecule has 0 aliphatic carbocycles. The molecule has 0 spiro atoms. The van der Waals surface area contributed by atoms with Crippen molar-refractivity contribution in [1.82, 2.24) is 24.8 Å². The van der Waals surface area contributed by atoms with Crippen LogP contribution in [-0.4, -0.2) is 50.7 Å². The summed E-state index contributed by atoms with van der Waals surface area (Å²) in [6.45, 7) is 0.907. The lowest BCUT2D eigenvalue weighted by molar-refractivity contribution is -0.135. The van der Waals surface area contributed by atoms with Gasteiger partial charge in [0, 0.05) is 6.54 Å². The van der Waals surface area contributed by atoms with E-state index in [0.717, 1.165) is 24.1 Å². The van der Waals surface area contributed by atoms with Crippen molar-refractivity contribution in [1.29, 1.82) is 0 Å². The summed E-state index contributed by atoms with van der Waals surface area (Å²) in [6.07, 6.45) is 0.767. The van der Waals surface area contributed by atoms with Gasteiger partial charge in [0.1, 0.15) is 12.2 Å². The van der Waals surface area contributed by atoms with Crippen LogP contribution in [0.3, 0.4) is 0 Å². The lowest BCUT2D eigenvalue weighted by Crippen LogP contribution is -2.30. The van der Waals surface area contributed by atoms with Crippen LogP contribution in [0, 0.1) is 0 Å². The predicted molar refractivity (Wildman–Crippen MR) is 135 cm³/mol. The van der Waals surface area contributed by atoms with E-state index in [1.54, 1.807) is 15.2 Å². The fourth-order valence-electron chi connectivity index (χ4n) is 4.34. The van der Waals surface area contributed by atoms with E-state index in [1.165, 1.54) is 6.07 Å². The van der Waals surface area contributed by atoms with Crippen LogP contribution in [0.4, 0.5) is 0 Å². The van der Waals surface area contributed by atoms with Crippen LogP contribution in [-0.2, 0) is 4.79 Å². The van der Waals surface area contributed by atoms with E-state index in [-0.39, 0.29) is 29.8 Å². The molecule has 1 saturated heterocycles. The minimum atomic E-state index is -1.14. The molecular weight excluding hydrogens is 470 g/mol. The first-order chi connectivity index (χ1) is 16.5. The van der Waals surface area contributed by atoms with Gasteiger partial charge in [-0.2, -0.15) is 0 Å². The Kier molecular flexibility index (Phi) is 6.99. The van der Waals surface area contributed by atoms with Gasteiger partial charge in [0.15, 0.2) is 5.65 Å². The highest BCUT2D eigenvalue weighted by molar-refractivity contribution is 5.95. The number of fused-ring (bicyclic) bond motifs is 1. The van der Waals surface area contributed by atoms with Crippen molar-refractivity contribution in [3.8, 4) is 16.8 Å². The molecule has 9 nitrogen and oxygen atoms in total. The summed E-state index contributed by atoms with van der Waals surface area (Å²) in [5, 5.41) is 14.4. The monoisotopic (exact) mass is 493 g/mol. The molecule has 0 saturated carbocycles. The molecular formula is C25H24ClN5O4. The number of pyridine rings is 1. The second-order valence-corrected chi connectivity index (χ2v) is 8.16. The van der Waals surface area contributed by atoms with Crippen LogP contribution in [0.5, 0.6) is 0 Å². The highest BCUT2D eigenvalue weighted by Crippen LogP contribution is 2.25. The predicted octanol–water partition coefficient (Wildman–Crippen LogP) is 2.62. The Morgan fingerprint density at radius 3 is 2.40 bits per heavy atom. The molecule has 10 heteroatoms. The third-order valence-electron chi connectivity index (χ3n) is 5.99. The summed E-state index contributed by atoms with van der Waals surface area (Å²) in [5.41, 5.74) is 3.63. The van der Waals surface area contributed by atoms with Crippen molar-refractivity contribution < 1.29 is 14.7 Å². The van der Waals surface area contributed by atoms with Crippen LogP contribution in [0.2, 0.25) is 0 Å². The number of amides is 1. The summed E-state index contributed by atoms with van der Waals surface area (Å²) < 4.78 is 3.24. The molecule has 1 amide bonds. The average Bonchev–Trinajstić information content (AvgIpc) is 3.48. The van der Waals surface area contributed by atoms with Gasteiger partial charge in [-0.25, -0.2) is 9.78 Å². The Morgan fingerprint density at radius 2 is 1.74 bits per heavy atom. The first kappa shape index (κ1) is 24.2. The quantitative estimate of drug-likeness (QED) is 0.380. The number of aromatic nitrogens is 3. The number of imidazole rings is 1. The molecule has 0 unspecified atom stereocenters. The van der Waals surface area contributed by atoms with Crippen molar-refractivity contribution in [3.05, 3.63) is 82.9 Å². The van der Waals surface area contributed by atoms with Crippen molar-refractivity contribution in [2.24, 2.45) is 0 Å². The minimum absolute atomic E-state index is 0. The van der Waals surface area contributed by atoms with E-state index in [9.17, 15) is 14.4 Å². The smallest absolute Gasteiger partial charge is 0.335 e. The summed E-state index contributed by atoms with van der Waals surface area (Å²) >= 11 is 0. The van der Waals surface area contributed by atoms with Crippen LogP contribution in [0.1, 0.15) is 23.0 Å². The number of aliphatic carboxylic acids is 1. The maximum absolute atomic E-state index is 13.6. The molecule has 35 heavy (non-hydrogen) atoms. The lowest BCUT2D eigenvalue weighted by Gasteiger charge is -2.10. The Labute approximate surface area is 206 Å². The summed E-state index contributed by atoms with van der Waals surface area (Å²) in [7, 11) is 0. The van der Waals surface area contributed by atoms with Crippen molar-refractivity contribution in [3.63, 3.8) is 0 Å². The lowest BCUT2D eigenvalue weighted by atomic mass is 10.1. The summed E-state index contributed by atoms with van der Waals surface area (Å²) in [4.78, 5) is 41.3. The zero-order chi connectivity index (χ0) is 23.7. The van der Waals surface area contributed by atoms with Gasteiger partial charge in [0.05, 0.1) is 17.2 Å². The third-order valence-corrected chi connectivity index (χ3v) is 5.99. The number of nitrogens with zero attached hydrogens (tertiary/aromatic N) is 3. The molecule has 0 radical (unpaired) electrons. The van der Waals surface area contributed by atoms with E-state index in [4.69, 9.17) is 5.11 Å². The van der Waals surface area contributed by atoms with Gasteiger partial charge < -0.3 is 15.7 Å². The molecule has 3 N–H and O–H groups in total. The third kappa shape index (κ3) is 4.68. The van der Waals surface area contributed by atoms with Gasteiger partial charge in [0.25, 0.3) is 5.91 Å². The standard InChI is InChI=1S/C25H23N5O4.ClH/c31-22(32)15-27-24(33)20-10-11-21-23(28-20)30(19-12-13-26-14-19)25(34)29(21)18-8-6-17(7-9-18)16-4-2-1-3-5-16;/h1-11,19,26H,12-15H2,(H,27,33)(H,31,32);1H/t19-;/m0./s1. The van der Waals surface area contributed by atoms with E-state index in [2.05, 4.69) is 15.6 Å². The van der Waals surface area contributed by atoms with Gasteiger partial charge >= 0.3 is 11.7 Å². The number of carbonyl (C=O) groups is 2. The highest BCUT2D eigenvalue weighted by atomic mass is 35.5. The molecule has 4 aromatic rings. The van der Waals surface area contributed by atoms with Crippen molar-refractivity contribution in [2.75, 3.05) is 19.6 Å². The Hall–Kier alpha value is -3.95. The largest absolute Gasteiger partial charge is 0.480 e. The SMILES string of the molecule is Cl.O=C(O)CNC(=O)c1ccc2c(n1)n([C@H]1CCNC1)c(=O)n2-c1ccc(-c2ccccc2)cc1. The normalized spacial score (nSPS) is 15.0. The molecule has 3 heterocycles. The fraction of sp³-hybridized carbons (Fsp3) is 0.200. The highest BCUT2D eigenvalue weighted by Gasteiger charge is 2.25. The molecule has 2 aromatic heterocycles. The van der Waals surface area contributed by atoms with Crippen molar-refractivity contribution >= 4 is 35.4 Å². The average molecular weight is 494 g/mol. The zero-order valence-corrected chi connectivity index (χ0v) is 19.5. The number of hydrogen-bond donors (Lipinski definition) is 3. The van der Waals surface area contributed by atoms with Gasteiger partial charge in [-0.15, -0.1) is 12.4 Å². The van der Waals surface area contributed by atoms with E-state index < -0.39 is 18.4 Å². The van der Waals surface area contributed by atoms with E-state index in [1.807, 2.05) is 54.6 Å². The molecule has 1 atom stereocenters. The molecule has 180 valence electrons. The number of nitrogens with one attached hydrogen (secondary N) is 2. The number of benzene rings is 2. The zero-order valence-electron chi connectivity index (χ0n) is 18.7. The molecule has 2 aromatic carbocycles. The van der Waals surface area contributed by atoms with Gasteiger partial charge in [-0.3, -0.25) is 18.7 Å². The fourth-order valence-corrected chi connectivity index (χ4v) is 4.34. The number of carboxylic acids is 1. The first-order valence-electron chi connectivity index (χ1n) is 11.0. The number of rotatable bonds is 6. The van der Waals surface area contributed by atoms with E-state index in [0.29, 0.717) is 23.4 Å². The number of carboxylic acid groups (broad SMARTS) is 1. The van der Waals surface area contributed by atoms with Crippen molar-refractivity contribution in [2.45, 2.75) is 12.5 Å². The minimum Gasteiger partial charge on any atom is -0.480 e. The molecule has 0 bridgehead atoms.